The van der Waals surface area contributed by atoms with Crippen LogP contribution in [0.25, 0.3) is 0 Å². The van der Waals surface area contributed by atoms with Gasteiger partial charge in [-0.05, 0) is 30.2 Å². The van der Waals surface area contributed by atoms with Gasteiger partial charge in [0, 0.05) is 12.2 Å². The van der Waals surface area contributed by atoms with E-state index in [-0.39, 0.29) is 23.5 Å². The number of amides is 2. The van der Waals surface area contributed by atoms with Crippen LogP contribution in [0.4, 0.5) is 5.69 Å². The number of carbonyl (C=O) groups excluding carboxylic acids is 2. The summed E-state index contributed by atoms with van der Waals surface area (Å²) in [7, 11) is 0. The Morgan fingerprint density at radius 1 is 1.12 bits per heavy atom. The lowest BCUT2D eigenvalue weighted by molar-refractivity contribution is -0.113. The lowest BCUT2D eigenvalue weighted by Crippen LogP contribution is -2.34. The molecule has 33 heavy (non-hydrogen) atoms. The molecule has 0 saturated carbocycles. The molecule has 7 nitrogen and oxygen atoms in total. The number of hydrogen-bond donors (Lipinski definition) is 2. The van der Waals surface area contributed by atoms with Crippen LogP contribution in [0.1, 0.15) is 36.1 Å². The maximum absolute atomic E-state index is 12.9. The minimum absolute atomic E-state index is 0.0310. The summed E-state index contributed by atoms with van der Waals surface area (Å²) in [6.45, 7) is 8.25. The molecule has 0 fully saturated rings. The van der Waals surface area contributed by atoms with Crippen molar-refractivity contribution < 1.29 is 9.59 Å². The Hall–Kier alpha value is -3.10. The third kappa shape index (κ3) is 6.46. The maximum Gasteiger partial charge on any atom is 0.253 e. The third-order valence-corrected chi connectivity index (χ3v) is 6.09. The first-order chi connectivity index (χ1) is 15.9. The number of aromatic nitrogens is 3. The molecule has 2 aromatic carbocycles. The van der Waals surface area contributed by atoms with Crippen molar-refractivity contribution in [3.8, 4) is 0 Å². The number of allylic oxidation sites excluding steroid dienone is 1. The molecule has 3 aromatic rings. The van der Waals surface area contributed by atoms with Crippen molar-refractivity contribution in [1.29, 1.82) is 0 Å². The zero-order valence-electron chi connectivity index (χ0n) is 18.5. The molecule has 0 aliphatic rings. The number of thioether (sulfide) groups is 1. The Morgan fingerprint density at radius 3 is 2.48 bits per heavy atom. The van der Waals surface area contributed by atoms with Crippen LogP contribution in [0.15, 0.2) is 72.4 Å². The summed E-state index contributed by atoms with van der Waals surface area (Å²) in [5.41, 5.74) is 1.13. The van der Waals surface area contributed by atoms with Gasteiger partial charge in [0.25, 0.3) is 5.91 Å². The Morgan fingerprint density at radius 2 is 1.82 bits per heavy atom. The first kappa shape index (κ1) is 24.5. The molecule has 0 aliphatic heterocycles. The molecule has 0 bridgehead atoms. The Kier molecular flexibility index (Phi) is 8.68. The largest absolute Gasteiger partial charge is 0.342 e. The fourth-order valence-corrected chi connectivity index (χ4v) is 4.16. The fourth-order valence-electron chi connectivity index (χ4n) is 3.18. The number of rotatable bonds is 10. The quantitative estimate of drug-likeness (QED) is 0.314. The molecular formula is C24H26ClN5O2S. The van der Waals surface area contributed by atoms with Gasteiger partial charge in [-0.3, -0.25) is 9.59 Å². The van der Waals surface area contributed by atoms with Gasteiger partial charge in [0.15, 0.2) is 11.0 Å². The van der Waals surface area contributed by atoms with Gasteiger partial charge < -0.3 is 15.2 Å². The summed E-state index contributed by atoms with van der Waals surface area (Å²) in [6, 6.07) is 15.8. The number of anilines is 1. The van der Waals surface area contributed by atoms with E-state index in [1.807, 2.05) is 48.7 Å². The fraction of sp³-hybridized carbons (Fsp3) is 0.250. The molecule has 2 amide bonds. The Balaban J connectivity index is 1.76. The van der Waals surface area contributed by atoms with Crippen LogP contribution in [-0.4, -0.2) is 32.3 Å². The zero-order valence-corrected chi connectivity index (χ0v) is 20.1. The molecule has 1 aromatic heterocycles. The molecule has 1 heterocycles. The number of halogens is 1. The van der Waals surface area contributed by atoms with Gasteiger partial charge in [0.1, 0.15) is 0 Å². The molecule has 1 unspecified atom stereocenters. The number of hydrogen-bond acceptors (Lipinski definition) is 5. The lowest BCUT2D eigenvalue weighted by atomic mass is 10.0. The van der Waals surface area contributed by atoms with Crippen molar-refractivity contribution >= 4 is 40.9 Å². The van der Waals surface area contributed by atoms with Crippen LogP contribution in [0.3, 0.4) is 0 Å². The number of benzene rings is 2. The summed E-state index contributed by atoms with van der Waals surface area (Å²) in [5.74, 6) is 0.361. The summed E-state index contributed by atoms with van der Waals surface area (Å²) >= 11 is 7.47. The van der Waals surface area contributed by atoms with Gasteiger partial charge >= 0.3 is 0 Å². The standard InChI is InChI=1S/C24H26ClN5O2S/c1-4-14-30-22(21(16(2)3)27-23(32)18-12-8-9-13-19(18)25)28-29-24(30)33-15-20(31)26-17-10-6-5-7-11-17/h4-13,16,21H,1,14-15H2,2-3H3,(H,26,31)(H,27,32). The second-order valence-electron chi connectivity index (χ2n) is 7.62. The molecule has 0 spiro atoms. The topological polar surface area (TPSA) is 88.9 Å². The SMILES string of the molecule is C=CCn1c(SCC(=O)Nc2ccccc2)nnc1C(NC(=O)c1ccccc1Cl)C(C)C. The molecule has 1 atom stereocenters. The van der Waals surface area contributed by atoms with Crippen LogP contribution in [-0.2, 0) is 11.3 Å². The summed E-state index contributed by atoms with van der Waals surface area (Å²) in [6.07, 6.45) is 1.73. The van der Waals surface area contributed by atoms with Crippen molar-refractivity contribution in [2.24, 2.45) is 5.92 Å². The van der Waals surface area contributed by atoms with E-state index >= 15 is 0 Å². The summed E-state index contributed by atoms with van der Waals surface area (Å²) < 4.78 is 1.87. The van der Waals surface area contributed by atoms with Crippen LogP contribution in [0, 0.1) is 5.92 Å². The van der Waals surface area contributed by atoms with Crippen molar-refractivity contribution in [2.75, 3.05) is 11.1 Å². The minimum Gasteiger partial charge on any atom is -0.342 e. The van der Waals surface area contributed by atoms with E-state index in [1.54, 1.807) is 30.3 Å². The van der Waals surface area contributed by atoms with E-state index in [0.29, 0.717) is 28.1 Å². The molecule has 0 aliphatic carbocycles. The second-order valence-corrected chi connectivity index (χ2v) is 8.97. The van der Waals surface area contributed by atoms with Crippen LogP contribution >= 0.6 is 23.4 Å². The first-order valence-electron chi connectivity index (χ1n) is 10.5. The smallest absolute Gasteiger partial charge is 0.253 e. The van der Waals surface area contributed by atoms with E-state index < -0.39 is 6.04 Å². The predicted molar refractivity (Wildman–Crippen MR) is 133 cm³/mol. The maximum atomic E-state index is 12.9. The van der Waals surface area contributed by atoms with E-state index in [9.17, 15) is 9.59 Å². The highest BCUT2D eigenvalue weighted by Crippen LogP contribution is 2.26. The zero-order chi connectivity index (χ0) is 23.8. The van der Waals surface area contributed by atoms with Gasteiger partial charge in [0.05, 0.1) is 22.4 Å². The molecule has 0 saturated heterocycles. The summed E-state index contributed by atoms with van der Waals surface area (Å²) in [5, 5.41) is 15.5. The van der Waals surface area contributed by atoms with E-state index in [4.69, 9.17) is 11.6 Å². The molecule has 2 N–H and O–H groups in total. The highest BCUT2D eigenvalue weighted by atomic mass is 35.5. The summed E-state index contributed by atoms with van der Waals surface area (Å²) in [4.78, 5) is 25.2. The number of nitrogens with one attached hydrogen (secondary N) is 2. The van der Waals surface area contributed by atoms with Gasteiger partial charge in [-0.25, -0.2) is 0 Å². The lowest BCUT2D eigenvalue weighted by Gasteiger charge is -2.23. The van der Waals surface area contributed by atoms with Gasteiger partial charge in [-0.2, -0.15) is 0 Å². The number of para-hydroxylation sites is 1. The van der Waals surface area contributed by atoms with E-state index in [2.05, 4.69) is 27.4 Å². The third-order valence-electron chi connectivity index (χ3n) is 4.80. The first-order valence-corrected chi connectivity index (χ1v) is 11.8. The van der Waals surface area contributed by atoms with Gasteiger partial charge in [-0.1, -0.05) is 73.6 Å². The van der Waals surface area contributed by atoms with Crippen LogP contribution in [0.5, 0.6) is 0 Å². The van der Waals surface area contributed by atoms with Crippen molar-refractivity contribution in [3.05, 3.63) is 83.7 Å². The number of nitrogens with zero attached hydrogens (tertiary/aromatic N) is 3. The van der Waals surface area contributed by atoms with Gasteiger partial charge in [0.2, 0.25) is 5.91 Å². The van der Waals surface area contributed by atoms with Crippen LogP contribution < -0.4 is 10.6 Å². The van der Waals surface area contributed by atoms with Crippen LogP contribution in [0.2, 0.25) is 5.02 Å². The average molecular weight is 484 g/mol. The Labute approximate surface area is 202 Å². The minimum atomic E-state index is -0.409. The van der Waals surface area contributed by atoms with Crippen molar-refractivity contribution in [3.63, 3.8) is 0 Å². The second kappa shape index (κ2) is 11.7. The highest BCUT2D eigenvalue weighted by Gasteiger charge is 2.27. The Bertz CT molecular complexity index is 1120. The highest BCUT2D eigenvalue weighted by molar-refractivity contribution is 7.99. The molecule has 172 valence electrons. The normalized spacial score (nSPS) is 11.8. The monoisotopic (exact) mass is 483 g/mol. The molecule has 3 rings (SSSR count). The molecule has 0 radical (unpaired) electrons. The van der Waals surface area contributed by atoms with Gasteiger partial charge in [-0.15, -0.1) is 16.8 Å². The molecule has 9 heteroatoms. The van der Waals surface area contributed by atoms with E-state index in [1.165, 1.54) is 11.8 Å². The van der Waals surface area contributed by atoms with E-state index in [0.717, 1.165) is 5.69 Å². The predicted octanol–water partition coefficient (Wildman–Crippen LogP) is 4.98. The van der Waals surface area contributed by atoms with Crippen molar-refractivity contribution in [1.82, 2.24) is 20.1 Å². The number of carbonyl (C=O) groups is 2. The molecular weight excluding hydrogens is 458 g/mol. The van der Waals surface area contributed by atoms with Crippen molar-refractivity contribution in [2.45, 2.75) is 31.6 Å². The average Bonchev–Trinajstić information content (AvgIpc) is 3.19.